The molecule has 2 atom stereocenters. The van der Waals surface area contributed by atoms with Crippen LogP contribution in [0.1, 0.15) is 31.2 Å². The van der Waals surface area contributed by atoms with E-state index in [2.05, 4.69) is 4.74 Å². The molecule has 1 amide bonds. The number of alkyl halides is 3. The van der Waals surface area contributed by atoms with Crippen molar-refractivity contribution in [2.75, 3.05) is 0 Å². The molecule has 2 unspecified atom stereocenters. The standard InChI is InChI=1S/C21H21Cl2F3N2O4S/c22-14-6-8-15(9-7-14)33(30,31)28(18-4-2-1-3-16(18)20(27)29)12-13-5-10-19(17(23)11-13)32-21(24,25)26/h5-11,16,18H,1-4,12H2,(H2,27,29). The van der Waals surface area contributed by atoms with E-state index >= 15 is 0 Å². The molecule has 180 valence electrons. The average molecular weight is 525 g/mol. The minimum absolute atomic E-state index is 0.0381. The highest BCUT2D eigenvalue weighted by molar-refractivity contribution is 7.89. The smallest absolute Gasteiger partial charge is 0.404 e. The van der Waals surface area contributed by atoms with E-state index in [0.717, 1.165) is 12.5 Å². The Kier molecular flexibility index (Phi) is 7.83. The number of carbonyl (C=O) groups is 1. The summed E-state index contributed by atoms with van der Waals surface area (Å²) < 4.78 is 69.8. The number of ether oxygens (including phenoxy) is 1. The van der Waals surface area contributed by atoms with Gasteiger partial charge >= 0.3 is 6.36 Å². The molecule has 33 heavy (non-hydrogen) atoms. The van der Waals surface area contributed by atoms with Crippen molar-refractivity contribution in [3.63, 3.8) is 0 Å². The molecule has 0 heterocycles. The second-order valence-electron chi connectivity index (χ2n) is 7.68. The van der Waals surface area contributed by atoms with Gasteiger partial charge in [-0.05, 0) is 54.8 Å². The monoisotopic (exact) mass is 524 g/mol. The van der Waals surface area contributed by atoms with E-state index in [0.29, 0.717) is 29.8 Å². The number of rotatable bonds is 7. The van der Waals surface area contributed by atoms with Gasteiger partial charge < -0.3 is 10.5 Å². The van der Waals surface area contributed by atoms with Gasteiger partial charge in [0.05, 0.1) is 15.8 Å². The lowest BCUT2D eigenvalue weighted by Crippen LogP contribution is -2.49. The van der Waals surface area contributed by atoms with Crippen LogP contribution in [0.4, 0.5) is 13.2 Å². The molecule has 0 saturated heterocycles. The lowest BCUT2D eigenvalue weighted by molar-refractivity contribution is -0.274. The van der Waals surface area contributed by atoms with Gasteiger partial charge in [0, 0.05) is 17.6 Å². The van der Waals surface area contributed by atoms with Crippen molar-refractivity contribution in [3.8, 4) is 5.75 Å². The van der Waals surface area contributed by atoms with Crippen LogP contribution in [0, 0.1) is 5.92 Å². The minimum atomic E-state index is -4.92. The van der Waals surface area contributed by atoms with E-state index < -0.39 is 40.0 Å². The Bertz CT molecular complexity index is 1110. The van der Waals surface area contributed by atoms with Crippen molar-refractivity contribution in [2.24, 2.45) is 11.7 Å². The van der Waals surface area contributed by atoms with Crippen molar-refractivity contribution in [3.05, 3.63) is 58.1 Å². The van der Waals surface area contributed by atoms with Crippen molar-refractivity contribution < 1.29 is 31.1 Å². The fourth-order valence-corrected chi connectivity index (χ4v) is 5.99. The van der Waals surface area contributed by atoms with Gasteiger partial charge in [0.25, 0.3) is 0 Å². The first-order chi connectivity index (χ1) is 15.4. The van der Waals surface area contributed by atoms with Crippen LogP contribution in [0.15, 0.2) is 47.4 Å². The Morgan fingerprint density at radius 2 is 1.73 bits per heavy atom. The molecule has 0 spiro atoms. The maximum atomic E-state index is 13.6. The van der Waals surface area contributed by atoms with Crippen molar-refractivity contribution in [2.45, 2.75) is 49.5 Å². The summed E-state index contributed by atoms with van der Waals surface area (Å²) in [5, 5.41) is 0.0176. The lowest BCUT2D eigenvalue weighted by Gasteiger charge is -2.38. The van der Waals surface area contributed by atoms with Gasteiger partial charge in [-0.15, -0.1) is 13.2 Å². The summed E-state index contributed by atoms with van der Waals surface area (Å²) in [6.45, 7) is -0.231. The number of hydrogen-bond donors (Lipinski definition) is 1. The van der Waals surface area contributed by atoms with Crippen molar-refractivity contribution in [1.82, 2.24) is 4.31 Å². The number of halogens is 5. The molecule has 0 radical (unpaired) electrons. The van der Waals surface area contributed by atoms with Gasteiger partial charge in [0.1, 0.15) is 5.75 Å². The maximum Gasteiger partial charge on any atom is 0.573 e. The molecule has 6 nitrogen and oxygen atoms in total. The number of sulfonamides is 1. The summed E-state index contributed by atoms with van der Waals surface area (Å²) in [5.74, 6) is -1.92. The SMILES string of the molecule is NC(=O)C1CCCCC1N(Cc1ccc(OC(F)(F)F)c(Cl)c1)S(=O)(=O)c1ccc(Cl)cc1. The van der Waals surface area contributed by atoms with Crippen LogP contribution < -0.4 is 10.5 Å². The van der Waals surface area contributed by atoms with Crippen LogP contribution in [0.3, 0.4) is 0 Å². The van der Waals surface area contributed by atoms with Crippen LogP contribution >= 0.6 is 23.2 Å². The Labute approximate surface area is 199 Å². The zero-order chi connectivity index (χ0) is 24.4. The molecule has 12 heteroatoms. The first-order valence-electron chi connectivity index (χ1n) is 9.99. The highest BCUT2D eigenvalue weighted by Crippen LogP contribution is 2.35. The second kappa shape index (κ2) is 10.1. The van der Waals surface area contributed by atoms with Gasteiger partial charge in [0.15, 0.2) is 0 Å². The second-order valence-corrected chi connectivity index (χ2v) is 10.4. The van der Waals surface area contributed by atoms with Crippen LogP contribution in [0.2, 0.25) is 10.0 Å². The number of amides is 1. The van der Waals surface area contributed by atoms with Crippen LogP contribution in [0.5, 0.6) is 5.75 Å². The summed E-state index contributed by atoms with van der Waals surface area (Å²) in [5.41, 5.74) is 5.89. The van der Waals surface area contributed by atoms with Crippen LogP contribution in [0.25, 0.3) is 0 Å². The summed E-state index contributed by atoms with van der Waals surface area (Å²) in [6, 6.07) is 8.35. The molecule has 3 rings (SSSR count). The summed E-state index contributed by atoms with van der Waals surface area (Å²) in [4.78, 5) is 12.1. The number of hydrogen-bond acceptors (Lipinski definition) is 4. The predicted molar refractivity (Wildman–Crippen MR) is 117 cm³/mol. The average Bonchev–Trinajstić information content (AvgIpc) is 2.73. The third kappa shape index (κ3) is 6.32. The topological polar surface area (TPSA) is 89.7 Å². The first kappa shape index (κ1) is 25.6. The minimum Gasteiger partial charge on any atom is -0.404 e. The fourth-order valence-electron chi connectivity index (χ4n) is 3.94. The zero-order valence-corrected chi connectivity index (χ0v) is 19.5. The van der Waals surface area contributed by atoms with Gasteiger partial charge in [-0.1, -0.05) is 42.1 Å². The van der Waals surface area contributed by atoms with Crippen LogP contribution in [-0.4, -0.2) is 31.0 Å². The van der Waals surface area contributed by atoms with E-state index in [-0.39, 0.29) is 16.5 Å². The van der Waals surface area contributed by atoms with Crippen molar-refractivity contribution >= 4 is 39.1 Å². The summed E-state index contributed by atoms with van der Waals surface area (Å²) in [6.07, 6.45) is -2.66. The molecule has 0 aromatic heterocycles. The number of nitrogens with two attached hydrogens (primary N) is 1. The Hall–Kier alpha value is -2.01. The Morgan fingerprint density at radius 1 is 1.09 bits per heavy atom. The molecule has 2 N–H and O–H groups in total. The van der Waals surface area contributed by atoms with E-state index in [9.17, 15) is 26.4 Å². The zero-order valence-electron chi connectivity index (χ0n) is 17.2. The fraction of sp³-hybridized carbons (Fsp3) is 0.381. The van der Waals surface area contributed by atoms with Gasteiger partial charge in [-0.25, -0.2) is 8.42 Å². The lowest BCUT2D eigenvalue weighted by atomic mass is 9.84. The largest absolute Gasteiger partial charge is 0.573 e. The molecule has 0 aliphatic heterocycles. The predicted octanol–water partition coefficient (Wildman–Crippen LogP) is 5.13. The third-order valence-corrected chi connectivity index (χ3v) is 7.88. The van der Waals surface area contributed by atoms with Gasteiger partial charge in [-0.2, -0.15) is 4.31 Å². The molecule has 2 aromatic carbocycles. The summed E-state index contributed by atoms with van der Waals surface area (Å²) in [7, 11) is -4.12. The quantitative estimate of drug-likeness (QED) is 0.543. The number of nitrogens with zero attached hydrogens (tertiary/aromatic N) is 1. The third-order valence-electron chi connectivity index (χ3n) is 5.45. The van der Waals surface area contributed by atoms with Gasteiger partial charge in [-0.3, -0.25) is 4.79 Å². The Balaban J connectivity index is 2.01. The molecule has 2 aromatic rings. The maximum absolute atomic E-state index is 13.6. The first-order valence-corrected chi connectivity index (χ1v) is 12.2. The normalized spacial score (nSPS) is 19.5. The number of primary amides is 1. The van der Waals surface area contributed by atoms with E-state index in [1.165, 1.54) is 40.7 Å². The highest BCUT2D eigenvalue weighted by Gasteiger charge is 2.40. The molecule has 0 bridgehead atoms. The molecule has 1 aliphatic carbocycles. The molecule has 1 fully saturated rings. The summed E-state index contributed by atoms with van der Waals surface area (Å²) >= 11 is 11.8. The van der Waals surface area contributed by atoms with E-state index in [1.54, 1.807) is 0 Å². The molecular formula is C21H21Cl2F3N2O4S. The van der Waals surface area contributed by atoms with E-state index in [1.807, 2.05) is 0 Å². The van der Waals surface area contributed by atoms with Crippen molar-refractivity contribution in [1.29, 1.82) is 0 Å². The van der Waals surface area contributed by atoms with E-state index in [4.69, 9.17) is 28.9 Å². The Morgan fingerprint density at radius 3 is 2.30 bits per heavy atom. The van der Waals surface area contributed by atoms with Gasteiger partial charge in [0.2, 0.25) is 15.9 Å². The number of benzene rings is 2. The molecule has 1 saturated carbocycles. The molecule has 1 aliphatic rings. The van der Waals surface area contributed by atoms with Crippen LogP contribution in [-0.2, 0) is 21.4 Å². The molecular weight excluding hydrogens is 504 g/mol. The highest BCUT2D eigenvalue weighted by atomic mass is 35.5. The number of carbonyl (C=O) groups excluding carboxylic acids is 1.